The van der Waals surface area contributed by atoms with Crippen LogP contribution in [0.4, 0.5) is 0 Å². The van der Waals surface area contributed by atoms with Crippen molar-refractivity contribution in [1.82, 2.24) is 0 Å². The standard InChI is InChI=1S/C6H10Cl4O3P/c1-3-5(7,8)12-14(11)13-6(9,10)4-2/h3-4H2,1-2H3/q+1. The summed E-state index contributed by atoms with van der Waals surface area (Å²) in [6, 6.07) is 0. The van der Waals surface area contributed by atoms with E-state index in [2.05, 4.69) is 9.05 Å². The molecule has 0 atom stereocenters. The maximum absolute atomic E-state index is 11.2. The van der Waals surface area contributed by atoms with E-state index in [4.69, 9.17) is 46.4 Å². The average molecular weight is 303 g/mol. The first-order valence-corrected chi connectivity index (χ1v) is 6.44. The first-order valence-electron chi connectivity index (χ1n) is 3.83. The lowest BCUT2D eigenvalue weighted by Gasteiger charge is -2.11. The predicted molar refractivity (Wildman–Crippen MR) is 59.2 cm³/mol. The molecule has 0 unspecified atom stereocenters. The highest BCUT2D eigenvalue weighted by atomic mass is 35.5. The molecule has 0 spiro atoms. The molecule has 0 N–H and O–H groups in total. The molecule has 0 fully saturated rings. The van der Waals surface area contributed by atoms with E-state index in [9.17, 15) is 4.57 Å². The molecule has 0 aliphatic rings. The highest BCUT2D eigenvalue weighted by Gasteiger charge is 2.43. The molecule has 0 aromatic heterocycles. The number of halogens is 4. The normalized spacial score (nSPS) is 13.0. The van der Waals surface area contributed by atoms with Gasteiger partial charge in [-0.15, -0.1) is 0 Å². The van der Waals surface area contributed by atoms with E-state index < -0.39 is 17.3 Å². The van der Waals surface area contributed by atoms with Crippen molar-refractivity contribution < 1.29 is 13.6 Å². The van der Waals surface area contributed by atoms with Gasteiger partial charge in [0.15, 0.2) is 0 Å². The molecule has 0 amide bonds. The van der Waals surface area contributed by atoms with Crippen molar-refractivity contribution in [2.75, 3.05) is 0 Å². The molecule has 0 saturated carbocycles. The van der Waals surface area contributed by atoms with Crippen LogP contribution >= 0.6 is 54.7 Å². The molecule has 0 aromatic rings. The van der Waals surface area contributed by atoms with Crippen LogP contribution in [0.2, 0.25) is 0 Å². The molecule has 0 heterocycles. The third-order valence-electron chi connectivity index (χ3n) is 1.24. The summed E-state index contributed by atoms with van der Waals surface area (Å²) in [4.78, 5) is 0. The van der Waals surface area contributed by atoms with Crippen LogP contribution in [0, 0.1) is 0 Å². The Morgan fingerprint density at radius 2 is 1.29 bits per heavy atom. The summed E-state index contributed by atoms with van der Waals surface area (Å²) in [6.45, 7) is 3.33. The van der Waals surface area contributed by atoms with Gasteiger partial charge >= 0.3 is 8.25 Å². The minimum Gasteiger partial charge on any atom is -0.0792 e. The minimum absolute atomic E-state index is 0.254. The second-order valence-electron chi connectivity index (χ2n) is 2.39. The fraction of sp³-hybridized carbons (Fsp3) is 1.00. The summed E-state index contributed by atoms with van der Waals surface area (Å²) in [5.74, 6) is 0. The smallest absolute Gasteiger partial charge is 0.0792 e. The zero-order valence-corrected chi connectivity index (χ0v) is 11.5. The maximum Gasteiger partial charge on any atom is 0.703 e. The Kier molecular flexibility index (Phi) is 6.56. The van der Waals surface area contributed by atoms with Crippen molar-refractivity contribution >= 4 is 54.7 Å². The summed E-state index contributed by atoms with van der Waals surface area (Å²) in [5, 5.41) is 0. The molecule has 0 bridgehead atoms. The molecule has 84 valence electrons. The lowest BCUT2D eigenvalue weighted by atomic mass is 10.5. The van der Waals surface area contributed by atoms with Crippen molar-refractivity contribution in [3.8, 4) is 0 Å². The number of alkyl halides is 4. The second-order valence-corrected chi connectivity index (χ2v) is 6.03. The molecule has 0 saturated heterocycles. The summed E-state index contributed by atoms with van der Waals surface area (Å²) < 4.78 is 17.4. The van der Waals surface area contributed by atoms with Crippen molar-refractivity contribution in [3.05, 3.63) is 0 Å². The highest BCUT2D eigenvalue weighted by Crippen LogP contribution is 2.44. The maximum atomic E-state index is 11.2. The van der Waals surface area contributed by atoms with Gasteiger partial charge in [0.2, 0.25) is 0 Å². The largest absolute Gasteiger partial charge is 0.703 e. The zero-order chi connectivity index (χ0) is 11.4. The third-order valence-corrected chi connectivity index (χ3v) is 3.97. The van der Waals surface area contributed by atoms with Crippen LogP contribution in [0.3, 0.4) is 0 Å². The topological polar surface area (TPSA) is 35.5 Å². The molecule has 0 rings (SSSR count). The van der Waals surface area contributed by atoms with Gasteiger partial charge in [0.1, 0.15) is 0 Å². The third kappa shape index (κ3) is 6.62. The molecular formula is C6H10Cl4O3P+. The Labute approximate surface area is 104 Å². The highest BCUT2D eigenvalue weighted by molar-refractivity contribution is 7.33. The molecule has 0 radical (unpaired) electrons. The van der Waals surface area contributed by atoms with E-state index >= 15 is 0 Å². The summed E-state index contributed by atoms with van der Waals surface area (Å²) in [6.07, 6.45) is 0.508. The fourth-order valence-electron chi connectivity index (χ4n) is 0.366. The lowest BCUT2D eigenvalue weighted by molar-refractivity contribution is 0.157. The predicted octanol–water partition coefficient (Wildman–Crippen LogP) is 4.76. The van der Waals surface area contributed by atoms with Crippen molar-refractivity contribution in [2.45, 2.75) is 35.7 Å². The van der Waals surface area contributed by atoms with E-state index in [1.54, 1.807) is 13.8 Å². The molecule has 8 heteroatoms. The van der Waals surface area contributed by atoms with Crippen molar-refractivity contribution in [1.29, 1.82) is 0 Å². The lowest BCUT2D eigenvalue weighted by Crippen LogP contribution is -2.16. The van der Waals surface area contributed by atoms with Gasteiger partial charge < -0.3 is 0 Å². The molecular weight excluding hydrogens is 293 g/mol. The van der Waals surface area contributed by atoms with Crippen LogP contribution in [0.15, 0.2) is 0 Å². The SMILES string of the molecule is CCC(Cl)(Cl)O[P+](=O)OC(Cl)(Cl)CC. The van der Waals surface area contributed by atoms with E-state index in [0.29, 0.717) is 0 Å². The van der Waals surface area contributed by atoms with Gasteiger partial charge in [-0.3, -0.25) is 0 Å². The number of hydrogen-bond acceptors (Lipinski definition) is 3. The summed E-state index contributed by atoms with van der Waals surface area (Å²) in [5.41, 5.74) is 0. The Morgan fingerprint density at radius 1 is 1.00 bits per heavy atom. The number of hydrogen-bond donors (Lipinski definition) is 0. The molecule has 0 aliphatic heterocycles. The van der Waals surface area contributed by atoms with Crippen molar-refractivity contribution in [2.24, 2.45) is 0 Å². The van der Waals surface area contributed by atoms with Crippen LogP contribution in [0.5, 0.6) is 0 Å². The first-order chi connectivity index (χ1) is 6.22. The minimum atomic E-state index is -2.55. The van der Waals surface area contributed by atoms with Gasteiger partial charge in [-0.1, -0.05) is 69.3 Å². The molecule has 14 heavy (non-hydrogen) atoms. The Hall–Kier alpha value is 1.18. The van der Waals surface area contributed by atoms with Crippen LogP contribution in [0.25, 0.3) is 0 Å². The van der Waals surface area contributed by atoms with E-state index in [-0.39, 0.29) is 12.8 Å². The number of rotatable bonds is 6. The second kappa shape index (κ2) is 6.05. The van der Waals surface area contributed by atoms with Crippen LogP contribution < -0.4 is 0 Å². The van der Waals surface area contributed by atoms with E-state index in [1.807, 2.05) is 0 Å². The summed E-state index contributed by atoms with van der Waals surface area (Å²) in [7, 11) is -2.55. The molecule has 0 aliphatic carbocycles. The summed E-state index contributed by atoms with van der Waals surface area (Å²) >= 11 is 22.3. The Morgan fingerprint density at radius 3 is 1.50 bits per heavy atom. The van der Waals surface area contributed by atoms with Crippen LogP contribution in [-0.2, 0) is 13.6 Å². The monoisotopic (exact) mass is 301 g/mol. The van der Waals surface area contributed by atoms with Gasteiger partial charge in [0.25, 0.3) is 9.04 Å². The zero-order valence-electron chi connectivity index (χ0n) is 7.60. The van der Waals surface area contributed by atoms with Gasteiger partial charge in [0.05, 0.1) is 0 Å². The fourth-order valence-corrected chi connectivity index (χ4v) is 1.77. The quantitative estimate of drug-likeness (QED) is 0.524. The van der Waals surface area contributed by atoms with Gasteiger partial charge in [-0.05, 0) is 0 Å². The van der Waals surface area contributed by atoms with Gasteiger partial charge in [-0.25, -0.2) is 0 Å². The average Bonchev–Trinajstić information content (AvgIpc) is 2.02. The Balaban J connectivity index is 4.12. The molecule has 0 aromatic carbocycles. The first kappa shape index (κ1) is 15.2. The van der Waals surface area contributed by atoms with E-state index in [1.165, 1.54) is 0 Å². The van der Waals surface area contributed by atoms with Gasteiger partial charge in [0, 0.05) is 17.4 Å². The Bertz CT molecular complexity index is 189. The van der Waals surface area contributed by atoms with Gasteiger partial charge in [-0.2, -0.15) is 0 Å². The molecule has 3 nitrogen and oxygen atoms in total. The van der Waals surface area contributed by atoms with Crippen LogP contribution in [-0.4, -0.2) is 9.04 Å². The van der Waals surface area contributed by atoms with E-state index in [0.717, 1.165) is 0 Å². The van der Waals surface area contributed by atoms with Crippen LogP contribution in [0.1, 0.15) is 26.7 Å². The van der Waals surface area contributed by atoms with Crippen molar-refractivity contribution in [3.63, 3.8) is 0 Å².